The van der Waals surface area contributed by atoms with E-state index in [9.17, 15) is 4.79 Å². The molecule has 1 aromatic carbocycles. The molecule has 0 aliphatic carbocycles. The number of nitrogens with one attached hydrogen (secondary N) is 1. The van der Waals surface area contributed by atoms with Crippen LogP contribution in [0.15, 0.2) is 36.7 Å². The molecule has 0 aliphatic heterocycles. The number of hydrogen-bond acceptors (Lipinski definition) is 3. The number of aromatic nitrogens is 1. The zero-order valence-corrected chi connectivity index (χ0v) is 11.5. The standard InChI is InChI=1S/C16H15N3O/c1-11-3-4-12(2)14(5-11)10-19-16(20)15-6-13(7-17)8-18-9-15/h3-6,8-9H,10H2,1-2H3,(H,19,20). The van der Waals surface area contributed by atoms with Crippen molar-refractivity contribution in [3.8, 4) is 6.07 Å². The van der Waals surface area contributed by atoms with Crippen molar-refractivity contribution in [1.29, 1.82) is 5.26 Å². The summed E-state index contributed by atoms with van der Waals surface area (Å²) in [6.07, 6.45) is 2.89. The Kier molecular flexibility index (Phi) is 4.11. The van der Waals surface area contributed by atoms with Gasteiger partial charge in [-0.3, -0.25) is 9.78 Å². The molecule has 0 bridgehead atoms. The van der Waals surface area contributed by atoms with Gasteiger partial charge in [-0.2, -0.15) is 5.26 Å². The maximum atomic E-state index is 12.0. The number of carbonyl (C=O) groups excluding carboxylic acids is 1. The highest BCUT2D eigenvalue weighted by molar-refractivity contribution is 5.94. The summed E-state index contributed by atoms with van der Waals surface area (Å²) < 4.78 is 0. The molecule has 4 heteroatoms. The van der Waals surface area contributed by atoms with Crippen LogP contribution in [0.25, 0.3) is 0 Å². The van der Waals surface area contributed by atoms with Crippen LogP contribution < -0.4 is 5.32 Å². The average molecular weight is 265 g/mol. The highest BCUT2D eigenvalue weighted by atomic mass is 16.1. The Morgan fingerprint density at radius 1 is 1.30 bits per heavy atom. The van der Waals surface area contributed by atoms with Crippen molar-refractivity contribution in [3.63, 3.8) is 0 Å². The molecule has 4 nitrogen and oxygen atoms in total. The summed E-state index contributed by atoms with van der Waals surface area (Å²) in [5, 5.41) is 11.6. The second-order valence-corrected chi connectivity index (χ2v) is 4.69. The van der Waals surface area contributed by atoms with E-state index in [2.05, 4.69) is 16.4 Å². The topological polar surface area (TPSA) is 65.8 Å². The second-order valence-electron chi connectivity index (χ2n) is 4.69. The van der Waals surface area contributed by atoms with Gasteiger partial charge in [-0.05, 0) is 31.0 Å². The molecule has 0 saturated heterocycles. The number of carbonyl (C=O) groups is 1. The van der Waals surface area contributed by atoms with Gasteiger partial charge in [-0.25, -0.2) is 0 Å². The quantitative estimate of drug-likeness (QED) is 0.927. The fourth-order valence-corrected chi connectivity index (χ4v) is 1.89. The third kappa shape index (κ3) is 3.21. The lowest BCUT2D eigenvalue weighted by atomic mass is 10.1. The lowest BCUT2D eigenvalue weighted by molar-refractivity contribution is 0.0950. The van der Waals surface area contributed by atoms with E-state index in [-0.39, 0.29) is 5.91 Å². The summed E-state index contributed by atoms with van der Waals surface area (Å²) in [6, 6.07) is 9.64. The smallest absolute Gasteiger partial charge is 0.253 e. The van der Waals surface area contributed by atoms with Gasteiger partial charge in [0.2, 0.25) is 0 Å². The fraction of sp³-hybridized carbons (Fsp3) is 0.188. The van der Waals surface area contributed by atoms with E-state index in [1.807, 2.05) is 32.0 Å². The van der Waals surface area contributed by atoms with Crippen LogP contribution in [0.5, 0.6) is 0 Å². The summed E-state index contributed by atoms with van der Waals surface area (Å²) in [5.41, 5.74) is 4.16. The minimum Gasteiger partial charge on any atom is -0.348 e. The van der Waals surface area contributed by atoms with Crippen LogP contribution in [-0.2, 0) is 6.54 Å². The first kappa shape index (κ1) is 13.8. The zero-order valence-electron chi connectivity index (χ0n) is 11.5. The molecule has 2 rings (SSSR count). The SMILES string of the molecule is Cc1ccc(C)c(CNC(=O)c2cncc(C#N)c2)c1. The maximum absolute atomic E-state index is 12.0. The first-order valence-corrected chi connectivity index (χ1v) is 6.29. The van der Waals surface area contributed by atoms with Gasteiger partial charge in [-0.15, -0.1) is 0 Å². The van der Waals surface area contributed by atoms with Crippen LogP contribution in [-0.4, -0.2) is 10.9 Å². The Balaban J connectivity index is 2.09. The van der Waals surface area contributed by atoms with Crippen molar-refractivity contribution in [2.45, 2.75) is 20.4 Å². The Morgan fingerprint density at radius 3 is 2.85 bits per heavy atom. The third-order valence-corrected chi connectivity index (χ3v) is 3.07. The van der Waals surface area contributed by atoms with E-state index in [0.717, 1.165) is 16.7 Å². The number of pyridine rings is 1. The van der Waals surface area contributed by atoms with Crippen LogP contribution in [0.3, 0.4) is 0 Å². The predicted octanol–water partition coefficient (Wildman–Crippen LogP) is 2.50. The molecule has 0 saturated carbocycles. The summed E-state index contributed by atoms with van der Waals surface area (Å²) in [7, 11) is 0. The van der Waals surface area contributed by atoms with Gasteiger partial charge >= 0.3 is 0 Å². The lowest BCUT2D eigenvalue weighted by Crippen LogP contribution is -2.23. The first-order valence-electron chi connectivity index (χ1n) is 6.29. The summed E-state index contributed by atoms with van der Waals surface area (Å²) in [5.74, 6) is -0.226. The van der Waals surface area contributed by atoms with Gasteiger partial charge in [0.05, 0.1) is 11.1 Å². The van der Waals surface area contributed by atoms with E-state index < -0.39 is 0 Å². The number of nitriles is 1. The Morgan fingerprint density at radius 2 is 2.10 bits per heavy atom. The van der Waals surface area contributed by atoms with Gasteiger partial charge in [0.1, 0.15) is 6.07 Å². The van der Waals surface area contributed by atoms with Crippen molar-refractivity contribution in [2.75, 3.05) is 0 Å². The van der Waals surface area contributed by atoms with Crippen molar-refractivity contribution in [1.82, 2.24) is 10.3 Å². The predicted molar refractivity (Wildman–Crippen MR) is 76.0 cm³/mol. The van der Waals surface area contributed by atoms with Crippen LogP contribution >= 0.6 is 0 Å². The fourth-order valence-electron chi connectivity index (χ4n) is 1.89. The molecule has 2 aromatic rings. The van der Waals surface area contributed by atoms with Crippen LogP contribution in [0.1, 0.15) is 32.6 Å². The van der Waals surface area contributed by atoms with Gasteiger partial charge in [0.15, 0.2) is 0 Å². The van der Waals surface area contributed by atoms with Gasteiger partial charge in [0.25, 0.3) is 5.91 Å². The number of amides is 1. The van der Waals surface area contributed by atoms with E-state index in [0.29, 0.717) is 17.7 Å². The first-order chi connectivity index (χ1) is 9.60. The molecule has 1 heterocycles. The number of benzene rings is 1. The molecule has 0 aliphatic rings. The molecule has 0 spiro atoms. The van der Waals surface area contributed by atoms with Crippen molar-refractivity contribution >= 4 is 5.91 Å². The second kappa shape index (κ2) is 5.98. The Hall–Kier alpha value is -2.67. The van der Waals surface area contributed by atoms with E-state index >= 15 is 0 Å². The number of rotatable bonds is 3. The lowest BCUT2D eigenvalue weighted by Gasteiger charge is -2.09. The monoisotopic (exact) mass is 265 g/mol. The molecule has 0 atom stereocenters. The number of hydrogen-bond donors (Lipinski definition) is 1. The summed E-state index contributed by atoms with van der Waals surface area (Å²) in [4.78, 5) is 15.9. The average Bonchev–Trinajstić information content (AvgIpc) is 2.48. The molecule has 0 radical (unpaired) electrons. The van der Waals surface area contributed by atoms with E-state index in [1.165, 1.54) is 18.5 Å². The summed E-state index contributed by atoms with van der Waals surface area (Å²) >= 11 is 0. The number of nitrogens with zero attached hydrogens (tertiary/aromatic N) is 2. The van der Waals surface area contributed by atoms with Crippen LogP contribution in [0.2, 0.25) is 0 Å². The third-order valence-electron chi connectivity index (χ3n) is 3.07. The molecule has 1 N–H and O–H groups in total. The van der Waals surface area contributed by atoms with Crippen molar-refractivity contribution in [3.05, 3.63) is 64.5 Å². The number of aryl methyl sites for hydroxylation is 2. The zero-order chi connectivity index (χ0) is 14.5. The van der Waals surface area contributed by atoms with E-state index in [4.69, 9.17) is 5.26 Å². The van der Waals surface area contributed by atoms with Crippen LogP contribution in [0.4, 0.5) is 0 Å². The molecule has 20 heavy (non-hydrogen) atoms. The minimum absolute atomic E-state index is 0.226. The van der Waals surface area contributed by atoms with Crippen LogP contribution in [0, 0.1) is 25.2 Å². The molecule has 1 amide bonds. The Labute approximate surface area is 118 Å². The van der Waals surface area contributed by atoms with Gasteiger partial charge < -0.3 is 5.32 Å². The molecule has 100 valence electrons. The molecular formula is C16H15N3O. The highest BCUT2D eigenvalue weighted by Crippen LogP contribution is 2.10. The van der Waals surface area contributed by atoms with Gasteiger partial charge in [0, 0.05) is 18.9 Å². The summed E-state index contributed by atoms with van der Waals surface area (Å²) in [6.45, 7) is 4.49. The van der Waals surface area contributed by atoms with Crippen molar-refractivity contribution in [2.24, 2.45) is 0 Å². The molecule has 0 fully saturated rings. The van der Waals surface area contributed by atoms with Gasteiger partial charge in [-0.1, -0.05) is 23.8 Å². The molecule has 1 aromatic heterocycles. The normalized spacial score (nSPS) is 9.85. The van der Waals surface area contributed by atoms with E-state index in [1.54, 1.807) is 0 Å². The largest absolute Gasteiger partial charge is 0.348 e. The highest BCUT2D eigenvalue weighted by Gasteiger charge is 2.07. The minimum atomic E-state index is -0.226. The van der Waals surface area contributed by atoms with Crippen molar-refractivity contribution < 1.29 is 4.79 Å². The Bertz CT molecular complexity index is 686. The molecular weight excluding hydrogens is 250 g/mol. The maximum Gasteiger partial charge on any atom is 0.253 e. The molecule has 0 unspecified atom stereocenters.